The number of hydrogen-bond acceptors (Lipinski definition) is 2. The third-order valence-electron chi connectivity index (χ3n) is 2.77. The van der Waals surface area contributed by atoms with Crippen LogP contribution in [-0.4, -0.2) is 5.11 Å². The lowest BCUT2D eigenvalue weighted by atomic mass is 9.80. The van der Waals surface area contributed by atoms with Gasteiger partial charge in [0.2, 0.25) is 0 Å². The van der Waals surface area contributed by atoms with E-state index in [1.54, 1.807) is 11.3 Å². The van der Waals surface area contributed by atoms with Crippen LogP contribution in [0, 0.1) is 12.8 Å². The van der Waals surface area contributed by atoms with E-state index >= 15 is 0 Å². The Bertz CT molecular complexity index is 263. The summed E-state index contributed by atoms with van der Waals surface area (Å²) >= 11 is 1.69. The topological polar surface area (TPSA) is 20.2 Å². The van der Waals surface area contributed by atoms with E-state index in [1.807, 2.05) is 13.8 Å². The van der Waals surface area contributed by atoms with Gasteiger partial charge in [-0.25, -0.2) is 0 Å². The Balaban J connectivity index is 0.000000461. The molecule has 0 amide bonds. The molecule has 1 unspecified atom stereocenters. The molecule has 1 atom stereocenters. The van der Waals surface area contributed by atoms with Gasteiger partial charge in [-0.1, -0.05) is 20.3 Å². The van der Waals surface area contributed by atoms with Crippen molar-refractivity contribution in [1.82, 2.24) is 0 Å². The van der Waals surface area contributed by atoms with Crippen LogP contribution in [0.4, 0.5) is 0 Å². The number of thiophene rings is 1. The van der Waals surface area contributed by atoms with Gasteiger partial charge in [0.05, 0.1) is 6.10 Å². The van der Waals surface area contributed by atoms with E-state index in [1.165, 1.54) is 29.7 Å². The molecule has 0 spiro atoms. The molecule has 2 rings (SSSR count). The maximum absolute atomic E-state index is 9.92. The zero-order valence-corrected chi connectivity index (χ0v) is 10.1. The molecule has 2 heteroatoms. The standard InChI is InChI=1S/C10H14OS.C2H6/c1-7-5-6-12-10(7)9(11)8-3-2-4-8;1-2/h5-6,8-9,11H,2-4H2,1H3;1-2H3. The smallest absolute Gasteiger partial charge is 0.0912 e. The minimum atomic E-state index is -0.182. The van der Waals surface area contributed by atoms with Gasteiger partial charge in [-0.05, 0) is 42.7 Å². The van der Waals surface area contributed by atoms with E-state index in [0.29, 0.717) is 5.92 Å². The van der Waals surface area contributed by atoms with Gasteiger partial charge in [-0.3, -0.25) is 0 Å². The van der Waals surface area contributed by atoms with E-state index in [-0.39, 0.29) is 6.10 Å². The number of hydrogen-bond donors (Lipinski definition) is 1. The van der Waals surface area contributed by atoms with Crippen LogP contribution in [0.5, 0.6) is 0 Å². The van der Waals surface area contributed by atoms with Crippen molar-refractivity contribution in [3.8, 4) is 0 Å². The first-order valence-electron chi connectivity index (χ1n) is 5.51. The molecule has 1 saturated carbocycles. The van der Waals surface area contributed by atoms with E-state index in [9.17, 15) is 5.11 Å². The number of aliphatic hydroxyl groups is 1. The Hall–Kier alpha value is -0.340. The van der Waals surface area contributed by atoms with Crippen molar-refractivity contribution in [1.29, 1.82) is 0 Å². The summed E-state index contributed by atoms with van der Waals surface area (Å²) < 4.78 is 0. The molecule has 0 bridgehead atoms. The summed E-state index contributed by atoms with van der Waals surface area (Å²) in [5.41, 5.74) is 1.25. The van der Waals surface area contributed by atoms with Crippen LogP contribution in [0.25, 0.3) is 0 Å². The van der Waals surface area contributed by atoms with Crippen molar-refractivity contribution in [2.45, 2.75) is 46.1 Å². The van der Waals surface area contributed by atoms with Crippen molar-refractivity contribution in [3.05, 3.63) is 21.9 Å². The normalized spacial score (nSPS) is 18.0. The summed E-state index contributed by atoms with van der Waals surface area (Å²) in [6, 6.07) is 2.09. The molecule has 1 fully saturated rings. The predicted octanol–water partition coefficient (Wildman–Crippen LogP) is 3.92. The summed E-state index contributed by atoms with van der Waals surface area (Å²) in [6.45, 7) is 6.08. The Morgan fingerprint density at radius 1 is 1.43 bits per heavy atom. The van der Waals surface area contributed by atoms with Crippen LogP contribution in [0.2, 0.25) is 0 Å². The summed E-state index contributed by atoms with van der Waals surface area (Å²) in [4.78, 5) is 1.18. The fraction of sp³-hybridized carbons (Fsp3) is 0.667. The molecule has 0 radical (unpaired) electrons. The molecule has 0 aromatic carbocycles. The highest BCUT2D eigenvalue weighted by atomic mass is 32.1. The molecule has 1 aliphatic carbocycles. The van der Waals surface area contributed by atoms with Crippen molar-refractivity contribution >= 4 is 11.3 Å². The fourth-order valence-electron chi connectivity index (χ4n) is 1.66. The third kappa shape index (κ3) is 2.37. The van der Waals surface area contributed by atoms with Crippen LogP contribution < -0.4 is 0 Å². The summed E-state index contributed by atoms with van der Waals surface area (Å²) in [5, 5.41) is 12.0. The Morgan fingerprint density at radius 2 is 2.07 bits per heavy atom. The van der Waals surface area contributed by atoms with E-state index in [0.717, 1.165) is 0 Å². The molecule has 0 aliphatic heterocycles. The first-order valence-corrected chi connectivity index (χ1v) is 6.39. The summed E-state index contributed by atoms with van der Waals surface area (Å²) in [7, 11) is 0. The van der Waals surface area contributed by atoms with Gasteiger partial charge in [0.1, 0.15) is 0 Å². The highest BCUT2D eigenvalue weighted by molar-refractivity contribution is 7.10. The Morgan fingerprint density at radius 3 is 2.43 bits per heavy atom. The highest BCUT2D eigenvalue weighted by Gasteiger charge is 2.28. The van der Waals surface area contributed by atoms with Crippen molar-refractivity contribution in [2.75, 3.05) is 0 Å². The SMILES string of the molecule is CC.Cc1ccsc1C(O)C1CCC1. The molecule has 1 aromatic rings. The molecule has 1 N–H and O–H groups in total. The van der Waals surface area contributed by atoms with Crippen molar-refractivity contribution in [3.63, 3.8) is 0 Å². The quantitative estimate of drug-likeness (QED) is 0.788. The number of rotatable bonds is 2. The van der Waals surface area contributed by atoms with E-state index < -0.39 is 0 Å². The molecule has 80 valence electrons. The zero-order chi connectivity index (χ0) is 10.6. The van der Waals surface area contributed by atoms with E-state index in [4.69, 9.17) is 0 Å². The molecule has 1 heterocycles. The van der Waals surface area contributed by atoms with Gasteiger partial charge >= 0.3 is 0 Å². The largest absolute Gasteiger partial charge is 0.387 e. The fourth-order valence-corrected chi connectivity index (χ4v) is 2.66. The van der Waals surface area contributed by atoms with Gasteiger partial charge in [-0.2, -0.15) is 0 Å². The molecule has 0 saturated heterocycles. The number of aliphatic hydroxyl groups excluding tert-OH is 1. The number of aryl methyl sites for hydroxylation is 1. The first-order chi connectivity index (χ1) is 6.79. The van der Waals surface area contributed by atoms with Crippen LogP contribution >= 0.6 is 11.3 Å². The lowest BCUT2D eigenvalue weighted by molar-refractivity contribution is 0.0645. The van der Waals surface area contributed by atoms with E-state index in [2.05, 4.69) is 18.4 Å². The minimum absolute atomic E-state index is 0.182. The second-order valence-electron chi connectivity index (χ2n) is 3.60. The third-order valence-corrected chi connectivity index (χ3v) is 3.86. The van der Waals surface area contributed by atoms with Crippen LogP contribution in [0.1, 0.15) is 49.7 Å². The molecule has 1 aliphatic rings. The van der Waals surface area contributed by atoms with Crippen molar-refractivity contribution < 1.29 is 5.11 Å². The second kappa shape index (κ2) is 5.52. The van der Waals surface area contributed by atoms with Gasteiger partial charge in [-0.15, -0.1) is 11.3 Å². The highest BCUT2D eigenvalue weighted by Crippen LogP contribution is 2.40. The van der Waals surface area contributed by atoms with Crippen molar-refractivity contribution in [2.24, 2.45) is 5.92 Å². The predicted molar refractivity (Wildman–Crippen MR) is 62.7 cm³/mol. The molecule has 1 aromatic heterocycles. The first kappa shape index (κ1) is 11.7. The Labute approximate surface area is 90.8 Å². The second-order valence-corrected chi connectivity index (χ2v) is 4.55. The molecular weight excluding hydrogens is 192 g/mol. The monoisotopic (exact) mass is 212 g/mol. The van der Waals surface area contributed by atoms with Crippen LogP contribution in [-0.2, 0) is 0 Å². The van der Waals surface area contributed by atoms with Crippen LogP contribution in [0.15, 0.2) is 11.4 Å². The van der Waals surface area contributed by atoms with Gasteiger partial charge in [0, 0.05) is 4.88 Å². The average Bonchev–Trinajstić information content (AvgIpc) is 2.52. The summed E-state index contributed by atoms with van der Waals surface area (Å²) in [6.07, 6.45) is 3.53. The minimum Gasteiger partial charge on any atom is -0.387 e. The zero-order valence-electron chi connectivity index (χ0n) is 9.29. The lowest BCUT2D eigenvalue weighted by Gasteiger charge is -2.30. The average molecular weight is 212 g/mol. The maximum atomic E-state index is 9.92. The lowest BCUT2D eigenvalue weighted by Crippen LogP contribution is -2.19. The van der Waals surface area contributed by atoms with Gasteiger partial charge < -0.3 is 5.11 Å². The molecule has 1 nitrogen and oxygen atoms in total. The summed E-state index contributed by atoms with van der Waals surface area (Å²) in [5.74, 6) is 0.544. The van der Waals surface area contributed by atoms with Gasteiger partial charge in [0.25, 0.3) is 0 Å². The maximum Gasteiger partial charge on any atom is 0.0912 e. The Kier molecular flexibility index (Phi) is 4.63. The molecule has 14 heavy (non-hydrogen) atoms. The molecular formula is C12H20OS. The van der Waals surface area contributed by atoms with Gasteiger partial charge in [0.15, 0.2) is 0 Å². The van der Waals surface area contributed by atoms with Crippen LogP contribution in [0.3, 0.4) is 0 Å².